The van der Waals surface area contributed by atoms with E-state index in [0.29, 0.717) is 0 Å². The Morgan fingerprint density at radius 3 is 2.76 bits per heavy atom. The van der Waals surface area contributed by atoms with E-state index in [1.54, 1.807) is 0 Å². The summed E-state index contributed by atoms with van der Waals surface area (Å²) in [6.07, 6.45) is 0.775. The first-order chi connectivity index (χ1) is 8.27. The van der Waals surface area contributed by atoms with E-state index in [1.807, 2.05) is 25.2 Å². The third kappa shape index (κ3) is 2.26. The van der Waals surface area contributed by atoms with Crippen LogP contribution in [-0.4, -0.2) is 34.4 Å². The van der Waals surface area contributed by atoms with Gasteiger partial charge in [0, 0.05) is 26.7 Å². The van der Waals surface area contributed by atoms with Crippen LogP contribution in [0.15, 0.2) is 24.3 Å². The molecular formula is C13H19N3O. The molecule has 17 heavy (non-hydrogen) atoms. The zero-order valence-corrected chi connectivity index (χ0v) is 10.4. The van der Waals surface area contributed by atoms with Crippen molar-refractivity contribution in [3.63, 3.8) is 0 Å². The topological polar surface area (TPSA) is 41.3 Å². The number of aliphatic hydroxyl groups is 1. The largest absolute Gasteiger partial charge is 0.396 e. The van der Waals surface area contributed by atoms with Crippen molar-refractivity contribution in [2.45, 2.75) is 13.3 Å². The lowest BCUT2D eigenvalue weighted by Gasteiger charge is -2.21. The molecule has 2 aromatic rings. The molecule has 92 valence electrons. The average Bonchev–Trinajstić information content (AvgIpc) is 2.69. The predicted octanol–water partition coefficient (Wildman–Crippen LogP) is 1.78. The van der Waals surface area contributed by atoms with Gasteiger partial charge in [-0.2, -0.15) is 0 Å². The molecule has 0 aliphatic rings. The van der Waals surface area contributed by atoms with Gasteiger partial charge >= 0.3 is 0 Å². The average molecular weight is 233 g/mol. The fourth-order valence-electron chi connectivity index (χ4n) is 2.08. The van der Waals surface area contributed by atoms with E-state index < -0.39 is 0 Å². The molecule has 4 nitrogen and oxygen atoms in total. The number of aliphatic hydroxyl groups excluding tert-OH is 1. The Balaban J connectivity index is 2.36. The minimum atomic E-state index is 0.223. The first kappa shape index (κ1) is 11.9. The lowest BCUT2D eigenvalue weighted by Crippen LogP contribution is -2.27. The van der Waals surface area contributed by atoms with Gasteiger partial charge in [0.2, 0.25) is 5.95 Å². The van der Waals surface area contributed by atoms with Crippen LogP contribution in [0.1, 0.15) is 13.3 Å². The van der Waals surface area contributed by atoms with Crippen LogP contribution in [0, 0.1) is 0 Å². The summed E-state index contributed by atoms with van der Waals surface area (Å²) >= 11 is 0. The Bertz CT molecular complexity index is 492. The summed E-state index contributed by atoms with van der Waals surface area (Å²) in [5.41, 5.74) is 2.16. The normalized spacial score (nSPS) is 11.0. The Morgan fingerprint density at radius 1 is 1.35 bits per heavy atom. The van der Waals surface area contributed by atoms with Gasteiger partial charge in [0.05, 0.1) is 11.0 Å². The maximum atomic E-state index is 8.91. The van der Waals surface area contributed by atoms with Crippen molar-refractivity contribution in [3.8, 4) is 0 Å². The van der Waals surface area contributed by atoms with Gasteiger partial charge in [-0.15, -0.1) is 0 Å². The number of imidazole rings is 1. The summed E-state index contributed by atoms with van der Waals surface area (Å²) in [4.78, 5) is 6.83. The van der Waals surface area contributed by atoms with Gasteiger partial charge in [0.1, 0.15) is 0 Å². The Kier molecular flexibility index (Phi) is 3.64. The maximum absolute atomic E-state index is 8.91. The zero-order valence-electron chi connectivity index (χ0n) is 10.4. The van der Waals surface area contributed by atoms with Crippen LogP contribution in [0.3, 0.4) is 0 Å². The lowest BCUT2D eigenvalue weighted by atomic mass is 10.3. The molecule has 0 unspecified atom stereocenters. The van der Waals surface area contributed by atoms with E-state index in [1.165, 1.54) is 0 Å². The summed E-state index contributed by atoms with van der Waals surface area (Å²) in [6.45, 7) is 4.07. The number of anilines is 1. The molecule has 1 heterocycles. The fraction of sp³-hybridized carbons (Fsp3) is 0.462. The molecule has 0 aliphatic heterocycles. The van der Waals surface area contributed by atoms with Crippen LogP contribution in [0.25, 0.3) is 11.0 Å². The molecule has 0 bridgehead atoms. The number of para-hydroxylation sites is 2. The fourth-order valence-corrected chi connectivity index (χ4v) is 2.08. The van der Waals surface area contributed by atoms with E-state index in [-0.39, 0.29) is 6.61 Å². The second-order valence-electron chi connectivity index (χ2n) is 4.12. The summed E-state index contributed by atoms with van der Waals surface area (Å²) in [7, 11) is 2.03. The van der Waals surface area contributed by atoms with Gasteiger partial charge in [0.25, 0.3) is 0 Å². The lowest BCUT2D eigenvalue weighted by molar-refractivity contribution is 0.289. The first-order valence-corrected chi connectivity index (χ1v) is 6.05. The summed E-state index contributed by atoms with van der Waals surface area (Å²) in [5, 5.41) is 8.91. The van der Waals surface area contributed by atoms with Gasteiger partial charge in [-0.25, -0.2) is 4.98 Å². The molecule has 1 aromatic heterocycles. The Hall–Kier alpha value is -1.55. The van der Waals surface area contributed by atoms with Gasteiger partial charge in [0.15, 0.2) is 0 Å². The van der Waals surface area contributed by atoms with E-state index in [2.05, 4.69) is 27.4 Å². The molecule has 0 fully saturated rings. The number of benzene rings is 1. The van der Waals surface area contributed by atoms with E-state index in [0.717, 1.165) is 36.5 Å². The molecular weight excluding hydrogens is 214 g/mol. The zero-order chi connectivity index (χ0) is 12.3. The molecule has 0 saturated heterocycles. The molecule has 4 heteroatoms. The van der Waals surface area contributed by atoms with E-state index in [4.69, 9.17) is 5.11 Å². The molecule has 2 rings (SSSR count). The van der Waals surface area contributed by atoms with Gasteiger partial charge in [-0.3, -0.25) is 0 Å². The molecule has 0 saturated carbocycles. The molecule has 0 radical (unpaired) electrons. The standard InChI is InChI=1S/C13H19N3O/c1-3-16(9-6-10-17)13-14-11-7-4-5-8-12(11)15(13)2/h4-5,7-8,17H,3,6,9-10H2,1-2H3. The van der Waals surface area contributed by atoms with E-state index >= 15 is 0 Å². The highest BCUT2D eigenvalue weighted by molar-refractivity contribution is 5.78. The van der Waals surface area contributed by atoms with Crippen LogP contribution in [0.4, 0.5) is 5.95 Å². The number of aromatic nitrogens is 2. The first-order valence-electron chi connectivity index (χ1n) is 6.05. The molecule has 0 atom stereocenters. The predicted molar refractivity (Wildman–Crippen MR) is 70.3 cm³/mol. The molecule has 1 N–H and O–H groups in total. The quantitative estimate of drug-likeness (QED) is 0.856. The van der Waals surface area contributed by atoms with Gasteiger partial charge < -0.3 is 14.6 Å². The highest BCUT2D eigenvalue weighted by atomic mass is 16.3. The number of aryl methyl sites for hydroxylation is 1. The van der Waals surface area contributed by atoms with Crippen molar-refractivity contribution in [1.82, 2.24) is 9.55 Å². The van der Waals surface area contributed by atoms with Crippen molar-refractivity contribution >= 4 is 17.0 Å². The number of hydrogen-bond donors (Lipinski definition) is 1. The van der Waals surface area contributed by atoms with Crippen molar-refractivity contribution in [1.29, 1.82) is 0 Å². The summed E-state index contributed by atoms with van der Waals surface area (Å²) in [5.74, 6) is 0.974. The summed E-state index contributed by atoms with van der Waals surface area (Å²) in [6, 6.07) is 8.13. The summed E-state index contributed by atoms with van der Waals surface area (Å²) < 4.78 is 2.11. The van der Waals surface area contributed by atoms with Crippen molar-refractivity contribution in [2.24, 2.45) is 7.05 Å². The third-order valence-corrected chi connectivity index (χ3v) is 3.01. The molecule has 1 aromatic carbocycles. The minimum absolute atomic E-state index is 0.223. The van der Waals surface area contributed by atoms with E-state index in [9.17, 15) is 0 Å². The van der Waals surface area contributed by atoms with Gasteiger partial charge in [-0.05, 0) is 25.5 Å². The highest BCUT2D eigenvalue weighted by Gasteiger charge is 2.12. The van der Waals surface area contributed by atoms with Crippen LogP contribution in [0.5, 0.6) is 0 Å². The van der Waals surface area contributed by atoms with Gasteiger partial charge in [-0.1, -0.05) is 12.1 Å². The smallest absolute Gasteiger partial charge is 0.206 e. The van der Waals surface area contributed by atoms with Crippen LogP contribution < -0.4 is 4.90 Å². The maximum Gasteiger partial charge on any atom is 0.206 e. The molecule has 0 spiro atoms. The van der Waals surface area contributed by atoms with Crippen LogP contribution in [-0.2, 0) is 7.05 Å². The van der Waals surface area contributed by atoms with Crippen LogP contribution in [0.2, 0.25) is 0 Å². The van der Waals surface area contributed by atoms with Crippen molar-refractivity contribution in [2.75, 3.05) is 24.6 Å². The molecule has 0 amide bonds. The third-order valence-electron chi connectivity index (χ3n) is 3.01. The minimum Gasteiger partial charge on any atom is -0.396 e. The Labute approximate surface area is 101 Å². The number of hydrogen-bond acceptors (Lipinski definition) is 3. The van der Waals surface area contributed by atoms with Crippen molar-refractivity contribution < 1.29 is 5.11 Å². The van der Waals surface area contributed by atoms with Crippen molar-refractivity contribution in [3.05, 3.63) is 24.3 Å². The monoisotopic (exact) mass is 233 g/mol. The SMILES string of the molecule is CCN(CCCO)c1nc2ccccc2n1C. The second kappa shape index (κ2) is 5.19. The highest BCUT2D eigenvalue weighted by Crippen LogP contribution is 2.20. The van der Waals surface area contributed by atoms with Crippen LogP contribution >= 0.6 is 0 Å². The number of rotatable bonds is 5. The number of nitrogens with zero attached hydrogens (tertiary/aromatic N) is 3. The second-order valence-corrected chi connectivity index (χ2v) is 4.12. The molecule has 0 aliphatic carbocycles. The number of fused-ring (bicyclic) bond motifs is 1. The Morgan fingerprint density at radius 2 is 2.12 bits per heavy atom.